The molecule has 0 bridgehead atoms. The average molecular weight is 188 g/mol. The van der Waals surface area contributed by atoms with Crippen LogP contribution in [0.4, 0.5) is 10.1 Å². The topological polar surface area (TPSA) is 29.1 Å². The van der Waals surface area contributed by atoms with Crippen molar-refractivity contribution in [2.24, 2.45) is 0 Å². The Kier molecular flexibility index (Phi) is 3.05. The van der Waals surface area contributed by atoms with E-state index in [1.54, 1.807) is 0 Å². The molecule has 0 saturated carbocycles. The summed E-state index contributed by atoms with van der Waals surface area (Å²) in [6.45, 7) is 0.0488. The fraction of sp³-hybridized carbons (Fsp3) is 0.125. The molecular weight excluding hydrogens is 181 g/mol. The highest BCUT2D eigenvalue weighted by Crippen LogP contribution is 2.07. The number of anilines is 1. The van der Waals surface area contributed by atoms with Crippen LogP contribution in [0.25, 0.3) is 0 Å². The minimum absolute atomic E-state index is 0.0488. The zero-order valence-electron chi connectivity index (χ0n) is 6.18. The van der Waals surface area contributed by atoms with Gasteiger partial charge in [0.1, 0.15) is 5.82 Å². The van der Waals surface area contributed by atoms with Crippen LogP contribution in [0.1, 0.15) is 0 Å². The van der Waals surface area contributed by atoms with Gasteiger partial charge in [0, 0.05) is 5.69 Å². The number of hydrogen-bond acceptors (Lipinski definition) is 2. The molecule has 0 spiro atoms. The molecule has 1 aromatic rings. The molecule has 1 rings (SSSR count). The van der Waals surface area contributed by atoms with Gasteiger partial charge in [-0.05, 0) is 35.9 Å². The van der Waals surface area contributed by atoms with E-state index in [2.05, 4.69) is 5.32 Å². The fourth-order valence-corrected chi connectivity index (χ4v) is 0.806. The minimum atomic E-state index is -0.473. The van der Waals surface area contributed by atoms with Crippen molar-refractivity contribution in [3.8, 4) is 0 Å². The maximum atomic E-state index is 12.4. The van der Waals surface area contributed by atoms with Crippen LogP contribution in [0.5, 0.6) is 0 Å². The van der Waals surface area contributed by atoms with Crippen molar-refractivity contribution in [3.05, 3.63) is 30.1 Å². The molecule has 0 unspecified atom stereocenters. The summed E-state index contributed by atoms with van der Waals surface area (Å²) in [6.07, 6.45) is 0. The molecule has 1 aromatic carbocycles. The molecule has 1 N–H and O–H groups in total. The van der Waals surface area contributed by atoms with Gasteiger partial charge in [0.05, 0.1) is 6.54 Å². The lowest BCUT2D eigenvalue weighted by molar-refractivity contribution is -0.110. The molecule has 0 aliphatic carbocycles. The third-order valence-electron chi connectivity index (χ3n) is 1.28. The first kappa shape index (κ1) is 9.00. The first-order valence-electron chi connectivity index (χ1n) is 3.36. The molecule has 0 aliphatic heterocycles. The predicted molar refractivity (Wildman–Crippen MR) is 45.7 cm³/mol. The Morgan fingerprint density at radius 2 is 2.00 bits per heavy atom. The van der Waals surface area contributed by atoms with Crippen molar-refractivity contribution in [2.75, 3.05) is 11.9 Å². The number of carbonyl (C=O) groups is 1. The summed E-state index contributed by atoms with van der Waals surface area (Å²) in [7, 11) is 0. The molecule has 4 heteroatoms. The maximum Gasteiger partial charge on any atom is 0.240 e. The van der Waals surface area contributed by atoms with Gasteiger partial charge in [-0.3, -0.25) is 4.79 Å². The normalized spacial score (nSPS) is 9.50. The Hall–Kier alpha value is -1.09. The van der Waals surface area contributed by atoms with Gasteiger partial charge in [0.25, 0.3) is 0 Å². The monoisotopic (exact) mass is 187 g/mol. The standard InChI is InChI=1S/C8H7ClFNO/c9-8(12)5-11-7-3-1-6(10)2-4-7/h1-4,11H,5H2. The van der Waals surface area contributed by atoms with Crippen LogP contribution < -0.4 is 5.32 Å². The summed E-state index contributed by atoms with van der Waals surface area (Å²) in [6, 6.07) is 5.69. The molecule has 0 saturated heterocycles. The molecular formula is C8H7ClFNO. The van der Waals surface area contributed by atoms with Crippen molar-refractivity contribution in [1.29, 1.82) is 0 Å². The van der Waals surface area contributed by atoms with E-state index in [1.807, 2.05) is 0 Å². The van der Waals surface area contributed by atoms with Gasteiger partial charge in [-0.1, -0.05) is 0 Å². The molecule has 0 aliphatic rings. The molecule has 0 radical (unpaired) electrons. The van der Waals surface area contributed by atoms with Crippen molar-refractivity contribution in [1.82, 2.24) is 0 Å². The lowest BCUT2D eigenvalue weighted by Gasteiger charge is -2.01. The molecule has 0 fully saturated rings. The van der Waals surface area contributed by atoms with E-state index in [-0.39, 0.29) is 12.4 Å². The number of carbonyl (C=O) groups excluding carboxylic acids is 1. The largest absolute Gasteiger partial charge is 0.377 e. The fourth-order valence-electron chi connectivity index (χ4n) is 0.739. The third-order valence-corrected chi connectivity index (χ3v) is 1.41. The summed E-state index contributed by atoms with van der Waals surface area (Å²) in [4.78, 5) is 10.3. The Labute approximate surface area is 74.3 Å². The number of halogens is 2. The van der Waals surface area contributed by atoms with Crippen molar-refractivity contribution in [2.45, 2.75) is 0 Å². The number of nitrogens with one attached hydrogen (secondary N) is 1. The SMILES string of the molecule is O=C(Cl)CNc1ccc(F)cc1. The van der Waals surface area contributed by atoms with E-state index in [0.29, 0.717) is 5.69 Å². The van der Waals surface area contributed by atoms with E-state index in [1.165, 1.54) is 24.3 Å². The van der Waals surface area contributed by atoms with Gasteiger partial charge < -0.3 is 5.32 Å². The Morgan fingerprint density at radius 1 is 1.42 bits per heavy atom. The zero-order valence-corrected chi connectivity index (χ0v) is 6.94. The second kappa shape index (κ2) is 4.07. The number of benzene rings is 1. The molecule has 0 atom stereocenters. The quantitative estimate of drug-likeness (QED) is 0.734. The van der Waals surface area contributed by atoms with Crippen LogP contribution in [-0.4, -0.2) is 11.8 Å². The second-order valence-electron chi connectivity index (χ2n) is 2.22. The molecule has 12 heavy (non-hydrogen) atoms. The van der Waals surface area contributed by atoms with Crippen LogP contribution in [0.2, 0.25) is 0 Å². The highest BCUT2D eigenvalue weighted by molar-refractivity contribution is 6.64. The molecule has 0 amide bonds. The second-order valence-corrected chi connectivity index (χ2v) is 2.64. The van der Waals surface area contributed by atoms with Crippen LogP contribution >= 0.6 is 11.6 Å². The van der Waals surface area contributed by atoms with Crippen LogP contribution in [0, 0.1) is 5.82 Å². The van der Waals surface area contributed by atoms with E-state index < -0.39 is 5.24 Å². The van der Waals surface area contributed by atoms with Crippen LogP contribution in [-0.2, 0) is 4.79 Å². The first-order chi connectivity index (χ1) is 5.68. The average Bonchev–Trinajstić information content (AvgIpc) is 2.03. The minimum Gasteiger partial charge on any atom is -0.377 e. The summed E-state index contributed by atoms with van der Waals surface area (Å²) in [5.41, 5.74) is 0.672. The smallest absolute Gasteiger partial charge is 0.240 e. The Bertz CT molecular complexity index is 273. The first-order valence-corrected chi connectivity index (χ1v) is 3.74. The molecule has 0 heterocycles. The number of hydrogen-bond donors (Lipinski definition) is 1. The summed E-state index contributed by atoms with van der Waals surface area (Å²) >= 11 is 5.08. The van der Waals surface area contributed by atoms with E-state index in [4.69, 9.17) is 11.6 Å². The molecule has 0 aromatic heterocycles. The summed E-state index contributed by atoms with van der Waals surface area (Å²) < 4.78 is 12.4. The van der Waals surface area contributed by atoms with Gasteiger partial charge >= 0.3 is 0 Å². The summed E-state index contributed by atoms with van der Waals surface area (Å²) in [5, 5.41) is 2.25. The van der Waals surface area contributed by atoms with Crippen molar-refractivity contribution in [3.63, 3.8) is 0 Å². The van der Waals surface area contributed by atoms with Gasteiger partial charge in [-0.25, -0.2) is 4.39 Å². The van der Waals surface area contributed by atoms with Crippen LogP contribution in [0.15, 0.2) is 24.3 Å². The number of rotatable bonds is 3. The molecule has 64 valence electrons. The van der Waals surface area contributed by atoms with Crippen molar-refractivity contribution >= 4 is 22.5 Å². The lowest BCUT2D eigenvalue weighted by atomic mass is 10.3. The highest BCUT2D eigenvalue weighted by Gasteiger charge is 1.95. The van der Waals surface area contributed by atoms with E-state index >= 15 is 0 Å². The van der Waals surface area contributed by atoms with E-state index in [0.717, 1.165) is 0 Å². The van der Waals surface area contributed by atoms with E-state index in [9.17, 15) is 9.18 Å². The van der Waals surface area contributed by atoms with Gasteiger partial charge in [0.2, 0.25) is 5.24 Å². The van der Waals surface area contributed by atoms with Gasteiger partial charge in [-0.2, -0.15) is 0 Å². The third kappa shape index (κ3) is 2.88. The Morgan fingerprint density at radius 3 is 2.50 bits per heavy atom. The van der Waals surface area contributed by atoms with Gasteiger partial charge in [-0.15, -0.1) is 0 Å². The lowest BCUT2D eigenvalue weighted by Crippen LogP contribution is -2.07. The van der Waals surface area contributed by atoms with Crippen LogP contribution in [0.3, 0.4) is 0 Å². The van der Waals surface area contributed by atoms with Gasteiger partial charge in [0.15, 0.2) is 0 Å². The summed E-state index contributed by atoms with van der Waals surface area (Å²) in [5.74, 6) is -0.308. The predicted octanol–water partition coefficient (Wildman–Crippen LogP) is 2.00. The maximum absolute atomic E-state index is 12.4. The zero-order chi connectivity index (χ0) is 8.97. The highest BCUT2D eigenvalue weighted by atomic mass is 35.5. The molecule has 2 nitrogen and oxygen atoms in total. The Balaban J connectivity index is 2.53. The van der Waals surface area contributed by atoms with Crippen molar-refractivity contribution < 1.29 is 9.18 Å².